The van der Waals surface area contributed by atoms with Crippen LogP contribution >= 0.6 is 0 Å². The number of rotatable bonds is 4. The van der Waals surface area contributed by atoms with Crippen molar-refractivity contribution in [1.82, 2.24) is 24.9 Å². The van der Waals surface area contributed by atoms with Gasteiger partial charge in [-0.25, -0.2) is 9.50 Å². The van der Waals surface area contributed by atoms with Crippen LogP contribution in [0.2, 0.25) is 0 Å². The van der Waals surface area contributed by atoms with E-state index in [-0.39, 0.29) is 5.91 Å². The molecule has 0 spiro atoms. The number of carboxylic acid groups (broad SMARTS) is 1. The normalized spacial score (nSPS) is 13.9. The van der Waals surface area contributed by atoms with E-state index in [0.29, 0.717) is 17.0 Å². The Bertz CT molecular complexity index is 666. The molecule has 0 saturated heterocycles. The molecule has 2 rings (SSSR count). The summed E-state index contributed by atoms with van der Waals surface area (Å²) in [5, 5.41) is 15.5. The Morgan fingerprint density at radius 1 is 1.35 bits per heavy atom. The van der Waals surface area contributed by atoms with Gasteiger partial charge in [0, 0.05) is 12.2 Å². The fraction of sp³-hybridized carbons (Fsp3) is 0.417. The molecule has 20 heavy (non-hydrogen) atoms. The molecule has 8 nitrogen and oxygen atoms in total. The Labute approximate surface area is 114 Å². The zero-order valence-electron chi connectivity index (χ0n) is 11.4. The third-order valence-corrected chi connectivity index (χ3v) is 3.29. The van der Waals surface area contributed by atoms with E-state index in [1.165, 1.54) is 17.0 Å². The maximum atomic E-state index is 12.2. The Morgan fingerprint density at radius 2 is 2.05 bits per heavy atom. The van der Waals surface area contributed by atoms with Crippen LogP contribution in [0.15, 0.2) is 12.5 Å². The molecule has 2 aromatic rings. The van der Waals surface area contributed by atoms with Gasteiger partial charge in [-0.15, -0.1) is 0 Å². The van der Waals surface area contributed by atoms with Crippen molar-refractivity contribution < 1.29 is 14.7 Å². The number of hydrogen-bond donors (Lipinski definition) is 2. The first-order chi connectivity index (χ1) is 9.41. The maximum absolute atomic E-state index is 12.2. The van der Waals surface area contributed by atoms with Gasteiger partial charge in [-0.3, -0.25) is 9.59 Å². The lowest BCUT2D eigenvalue weighted by atomic mass is 10.0. The van der Waals surface area contributed by atoms with Gasteiger partial charge in [-0.2, -0.15) is 10.1 Å². The van der Waals surface area contributed by atoms with E-state index in [0.717, 1.165) is 0 Å². The van der Waals surface area contributed by atoms with E-state index in [2.05, 4.69) is 20.4 Å². The van der Waals surface area contributed by atoms with Crippen molar-refractivity contribution in [3.8, 4) is 0 Å². The molecule has 2 heterocycles. The minimum absolute atomic E-state index is 0.340. The Balaban J connectivity index is 2.23. The number of carbonyl (C=O) groups is 2. The molecule has 0 radical (unpaired) electrons. The van der Waals surface area contributed by atoms with Gasteiger partial charge < -0.3 is 10.4 Å². The van der Waals surface area contributed by atoms with Crippen molar-refractivity contribution in [2.45, 2.75) is 26.8 Å². The molecular formula is C12H15N5O3. The maximum Gasteiger partial charge on any atom is 0.308 e. The quantitative estimate of drug-likeness (QED) is 0.830. The highest BCUT2D eigenvalue weighted by Gasteiger charge is 2.23. The smallest absolute Gasteiger partial charge is 0.308 e. The molecule has 2 atom stereocenters. The van der Waals surface area contributed by atoms with Crippen LogP contribution in [0, 0.1) is 12.8 Å². The zero-order chi connectivity index (χ0) is 14.9. The standard InChI is InChI=1S/C12H15N5O3/c1-6(11(19)20)7(2)16-10(18)9-4-13-12-14-5-15-17(12)8(9)3/h4-7H,1-3H3,(H,16,18)(H,19,20). The molecule has 0 aromatic carbocycles. The Kier molecular flexibility index (Phi) is 3.64. The number of aryl methyl sites for hydroxylation is 1. The predicted molar refractivity (Wildman–Crippen MR) is 69.2 cm³/mol. The monoisotopic (exact) mass is 277 g/mol. The summed E-state index contributed by atoms with van der Waals surface area (Å²) in [5.74, 6) is -1.61. The number of hydrogen-bond acceptors (Lipinski definition) is 5. The van der Waals surface area contributed by atoms with Crippen LogP contribution in [0.4, 0.5) is 0 Å². The molecular weight excluding hydrogens is 262 g/mol. The molecule has 2 unspecified atom stereocenters. The van der Waals surface area contributed by atoms with Gasteiger partial charge in [-0.1, -0.05) is 0 Å². The average molecular weight is 277 g/mol. The van der Waals surface area contributed by atoms with Crippen LogP contribution in [0.1, 0.15) is 29.9 Å². The van der Waals surface area contributed by atoms with Gasteiger partial charge in [0.2, 0.25) is 0 Å². The van der Waals surface area contributed by atoms with Gasteiger partial charge in [0.25, 0.3) is 11.7 Å². The highest BCUT2D eigenvalue weighted by atomic mass is 16.4. The number of aromatic nitrogens is 4. The van der Waals surface area contributed by atoms with E-state index < -0.39 is 17.9 Å². The van der Waals surface area contributed by atoms with Crippen LogP contribution in [-0.2, 0) is 4.79 Å². The minimum atomic E-state index is -0.959. The molecule has 0 fully saturated rings. The summed E-state index contributed by atoms with van der Waals surface area (Å²) in [6.07, 6.45) is 2.76. The van der Waals surface area contributed by atoms with Crippen LogP contribution < -0.4 is 5.32 Å². The van der Waals surface area contributed by atoms with Crippen molar-refractivity contribution in [2.75, 3.05) is 0 Å². The first-order valence-electron chi connectivity index (χ1n) is 6.10. The molecule has 0 saturated carbocycles. The van der Waals surface area contributed by atoms with Crippen molar-refractivity contribution in [2.24, 2.45) is 5.92 Å². The summed E-state index contributed by atoms with van der Waals surface area (Å²) in [5.41, 5.74) is 0.938. The number of fused-ring (bicyclic) bond motifs is 1. The molecule has 8 heteroatoms. The average Bonchev–Trinajstić information content (AvgIpc) is 2.87. The first-order valence-corrected chi connectivity index (χ1v) is 6.10. The van der Waals surface area contributed by atoms with E-state index in [1.54, 1.807) is 20.8 Å². The van der Waals surface area contributed by atoms with Gasteiger partial charge >= 0.3 is 5.97 Å². The van der Waals surface area contributed by atoms with Crippen molar-refractivity contribution in [3.63, 3.8) is 0 Å². The molecule has 0 aliphatic heterocycles. The predicted octanol–water partition coefficient (Wildman–Crippen LogP) is 0.272. The Morgan fingerprint density at radius 3 is 2.70 bits per heavy atom. The number of amides is 1. The molecule has 2 N–H and O–H groups in total. The van der Waals surface area contributed by atoms with Crippen LogP contribution in [0.5, 0.6) is 0 Å². The lowest BCUT2D eigenvalue weighted by Crippen LogP contribution is -2.40. The second-order valence-corrected chi connectivity index (χ2v) is 4.62. The van der Waals surface area contributed by atoms with E-state index >= 15 is 0 Å². The van der Waals surface area contributed by atoms with E-state index in [9.17, 15) is 9.59 Å². The summed E-state index contributed by atoms with van der Waals surface area (Å²) in [4.78, 5) is 31.0. The lowest BCUT2D eigenvalue weighted by Gasteiger charge is -2.18. The van der Waals surface area contributed by atoms with Crippen molar-refractivity contribution >= 4 is 17.7 Å². The molecule has 106 valence electrons. The molecule has 0 bridgehead atoms. The van der Waals surface area contributed by atoms with Crippen LogP contribution in [0.3, 0.4) is 0 Å². The van der Waals surface area contributed by atoms with Crippen molar-refractivity contribution in [1.29, 1.82) is 0 Å². The topological polar surface area (TPSA) is 109 Å². The fourth-order valence-corrected chi connectivity index (χ4v) is 1.74. The highest BCUT2D eigenvalue weighted by Crippen LogP contribution is 2.09. The second-order valence-electron chi connectivity index (χ2n) is 4.62. The lowest BCUT2D eigenvalue weighted by molar-refractivity contribution is -0.141. The molecule has 2 aromatic heterocycles. The zero-order valence-corrected chi connectivity index (χ0v) is 11.4. The van der Waals surface area contributed by atoms with Gasteiger partial charge in [0.05, 0.1) is 17.2 Å². The summed E-state index contributed by atoms with van der Waals surface area (Å²) >= 11 is 0. The Hall–Kier alpha value is -2.51. The number of carboxylic acids is 1. The highest BCUT2D eigenvalue weighted by molar-refractivity contribution is 5.95. The third-order valence-electron chi connectivity index (χ3n) is 3.29. The molecule has 1 amide bonds. The second kappa shape index (κ2) is 5.24. The minimum Gasteiger partial charge on any atom is -0.481 e. The molecule has 0 aliphatic carbocycles. The first kappa shape index (κ1) is 13.9. The number of nitrogens with one attached hydrogen (secondary N) is 1. The molecule has 0 aliphatic rings. The third kappa shape index (κ3) is 2.44. The van der Waals surface area contributed by atoms with E-state index in [4.69, 9.17) is 5.11 Å². The van der Waals surface area contributed by atoms with Crippen LogP contribution in [0.25, 0.3) is 5.78 Å². The number of aliphatic carboxylic acids is 1. The van der Waals surface area contributed by atoms with E-state index in [1.807, 2.05) is 0 Å². The fourth-order valence-electron chi connectivity index (χ4n) is 1.74. The summed E-state index contributed by atoms with van der Waals surface area (Å²) in [7, 11) is 0. The van der Waals surface area contributed by atoms with Gasteiger partial charge in [-0.05, 0) is 20.8 Å². The summed E-state index contributed by atoms with van der Waals surface area (Å²) in [6, 6.07) is -0.495. The number of nitrogens with zero attached hydrogens (tertiary/aromatic N) is 4. The van der Waals surface area contributed by atoms with Crippen molar-refractivity contribution in [3.05, 3.63) is 23.8 Å². The largest absolute Gasteiger partial charge is 0.481 e. The van der Waals surface area contributed by atoms with Gasteiger partial charge in [0.15, 0.2) is 0 Å². The van der Waals surface area contributed by atoms with Gasteiger partial charge in [0.1, 0.15) is 6.33 Å². The number of carbonyl (C=O) groups excluding carboxylic acids is 1. The summed E-state index contributed by atoms with van der Waals surface area (Å²) in [6.45, 7) is 4.91. The SMILES string of the molecule is Cc1c(C(=O)NC(C)C(C)C(=O)O)cnc2ncnn12. The summed E-state index contributed by atoms with van der Waals surface area (Å²) < 4.78 is 1.46. The van der Waals surface area contributed by atoms with Crippen LogP contribution in [-0.4, -0.2) is 42.6 Å².